The van der Waals surface area contributed by atoms with Crippen LogP contribution in [0.1, 0.15) is 27.7 Å². The highest BCUT2D eigenvalue weighted by Gasteiger charge is 2.19. The first-order chi connectivity index (χ1) is 6.89. The van der Waals surface area contributed by atoms with Gasteiger partial charge < -0.3 is 5.32 Å². The van der Waals surface area contributed by atoms with E-state index in [0.29, 0.717) is 16.5 Å². The number of nitrogens with zero attached hydrogens (tertiary/aromatic N) is 2. The Balaban J connectivity index is 2.51. The molecule has 0 saturated heterocycles. The van der Waals surface area contributed by atoms with Crippen molar-refractivity contribution < 1.29 is 0 Å². The molecule has 0 aromatic carbocycles. The van der Waals surface area contributed by atoms with Gasteiger partial charge in [0.2, 0.25) is 0 Å². The molecule has 0 amide bonds. The standard InChI is InChI=1S/C11H18ClN3/c1-8(11(2,3)4)5-14-10-7-13-6-9(12)15-10/h6-8H,5H2,1-4H3,(H,14,15). The lowest BCUT2D eigenvalue weighted by Crippen LogP contribution is -2.25. The van der Waals surface area contributed by atoms with Crippen molar-refractivity contribution in [2.75, 3.05) is 11.9 Å². The average Bonchev–Trinajstić information content (AvgIpc) is 2.12. The summed E-state index contributed by atoms with van der Waals surface area (Å²) in [7, 11) is 0. The summed E-state index contributed by atoms with van der Waals surface area (Å²) in [5.41, 5.74) is 0.291. The molecular formula is C11H18ClN3. The minimum Gasteiger partial charge on any atom is -0.368 e. The molecule has 1 heterocycles. The van der Waals surface area contributed by atoms with Crippen LogP contribution in [-0.2, 0) is 0 Å². The number of aromatic nitrogens is 2. The predicted molar refractivity (Wildman–Crippen MR) is 64.2 cm³/mol. The molecule has 15 heavy (non-hydrogen) atoms. The van der Waals surface area contributed by atoms with Crippen LogP contribution >= 0.6 is 11.6 Å². The summed E-state index contributed by atoms with van der Waals surface area (Å²) in [6.45, 7) is 9.76. The number of rotatable bonds is 3. The van der Waals surface area contributed by atoms with Crippen LogP contribution in [0, 0.1) is 11.3 Å². The first-order valence-electron chi connectivity index (χ1n) is 5.11. The Labute approximate surface area is 96.3 Å². The molecule has 0 bridgehead atoms. The molecule has 1 N–H and O–H groups in total. The van der Waals surface area contributed by atoms with Crippen molar-refractivity contribution in [1.29, 1.82) is 0 Å². The van der Waals surface area contributed by atoms with E-state index in [-0.39, 0.29) is 0 Å². The van der Waals surface area contributed by atoms with Crippen molar-refractivity contribution in [3.05, 3.63) is 17.5 Å². The van der Waals surface area contributed by atoms with E-state index in [1.807, 2.05) is 0 Å². The fourth-order valence-corrected chi connectivity index (χ4v) is 1.14. The Bertz CT molecular complexity index is 320. The Morgan fingerprint density at radius 2 is 2.07 bits per heavy atom. The zero-order valence-corrected chi connectivity index (χ0v) is 10.5. The third kappa shape index (κ3) is 4.04. The van der Waals surface area contributed by atoms with E-state index < -0.39 is 0 Å². The maximum absolute atomic E-state index is 5.74. The molecule has 1 atom stereocenters. The Morgan fingerprint density at radius 1 is 1.40 bits per heavy atom. The molecule has 0 saturated carbocycles. The van der Waals surface area contributed by atoms with Crippen LogP contribution in [-0.4, -0.2) is 16.5 Å². The number of hydrogen-bond acceptors (Lipinski definition) is 3. The van der Waals surface area contributed by atoms with E-state index in [1.54, 1.807) is 6.20 Å². The van der Waals surface area contributed by atoms with Crippen molar-refractivity contribution in [2.24, 2.45) is 11.3 Å². The number of halogens is 1. The fourth-order valence-electron chi connectivity index (χ4n) is 0.991. The highest BCUT2D eigenvalue weighted by Crippen LogP contribution is 2.25. The average molecular weight is 228 g/mol. The Morgan fingerprint density at radius 3 is 2.60 bits per heavy atom. The summed E-state index contributed by atoms with van der Waals surface area (Å²) in [5.74, 6) is 1.29. The highest BCUT2D eigenvalue weighted by molar-refractivity contribution is 6.29. The molecule has 0 radical (unpaired) electrons. The first-order valence-corrected chi connectivity index (χ1v) is 5.49. The van der Waals surface area contributed by atoms with E-state index in [4.69, 9.17) is 11.6 Å². The van der Waals surface area contributed by atoms with Crippen LogP contribution in [0.15, 0.2) is 12.4 Å². The van der Waals surface area contributed by atoms with Gasteiger partial charge in [0.15, 0.2) is 0 Å². The second kappa shape index (κ2) is 4.79. The predicted octanol–water partition coefficient (Wildman–Crippen LogP) is 3.22. The van der Waals surface area contributed by atoms with Gasteiger partial charge in [-0.2, -0.15) is 0 Å². The lowest BCUT2D eigenvalue weighted by molar-refractivity contribution is 0.274. The summed E-state index contributed by atoms with van der Waals surface area (Å²) in [4.78, 5) is 8.09. The SMILES string of the molecule is CC(CNc1cncc(Cl)n1)C(C)(C)C. The van der Waals surface area contributed by atoms with E-state index in [9.17, 15) is 0 Å². The van der Waals surface area contributed by atoms with Gasteiger partial charge in [-0.25, -0.2) is 4.98 Å². The number of nitrogens with one attached hydrogen (secondary N) is 1. The third-order valence-corrected chi connectivity index (χ3v) is 2.86. The number of hydrogen-bond donors (Lipinski definition) is 1. The monoisotopic (exact) mass is 227 g/mol. The van der Waals surface area contributed by atoms with Crippen LogP contribution in [0.25, 0.3) is 0 Å². The zero-order valence-electron chi connectivity index (χ0n) is 9.71. The van der Waals surface area contributed by atoms with Crippen LogP contribution < -0.4 is 5.32 Å². The molecule has 0 spiro atoms. The normalized spacial score (nSPS) is 13.7. The molecule has 0 aliphatic heterocycles. The van der Waals surface area contributed by atoms with Crippen LogP contribution in [0.3, 0.4) is 0 Å². The van der Waals surface area contributed by atoms with Gasteiger partial charge in [-0.3, -0.25) is 4.98 Å². The Hall–Kier alpha value is -0.830. The van der Waals surface area contributed by atoms with Gasteiger partial charge in [-0.05, 0) is 11.3 Å². The summed E-state index contributed by atoms with van der Waals surface area (Å²) < 4.78 is 0. The minimum atomic E-state index is 0.291. The molecule has 3 nitrogen and oxygen atoms in total. The van der Waals surface area contributed by atoms with Crippen LogP contribution in [0.5, 0.6) is 0 Å². The lowest BCUT2D eigenvalue weighted by atomic mass is 9.82. The van der Waals surface area contributed by atoms with Crippen molar-refractivity contribution >= 4 is 17.4 Å². The maximum atomic E-state index is 5.74. The van der Waals surface area contributed by atoms with Crippen molar-refractivity contribution in [2.45, 2.75) is 27.7 Å². The Kier molecular flexibility index (Phi) is 3.91. The molecule has 0 aliphatic carbocycles. The summed E-state index contributed by atoms with van der Waals surface area (Å²) in [6.07, 6.45) is 3.21. The highest BCUT2D eigenvalue weighted by atomic mass is 35.5. The molecular weight excluding hydrogens is 210 g/mol. The molecule has 0 fully saturated rings. The molecule has 1 aromatic heterocycles. The van der Waals surface area contributed by atoms with Gasteiger partial charge in [0.1, 0.15) is 11.0 Å². The smallest absolute Gasteiger partial charge is 0.149 e. The fraction of sp³-hybridized carbons (Fsp3) is 0.636. The molecule has 0 aliphatic rings. The number of anilines is 1. The minimum absolute atomic E-state index is 0.291. The van der Waals surface area contributed by atoms with E-state index in [2.05, 4.69) is 43.0 Å². The van der Waals surface area contributed by atoms with Crippen LogP contribution in [0.4, 0.5) is 5.82 Å². The van der Waals surface area contributed by atoms with E-state index in [0.717, 1.165) is 12.4 Å². The van der Waals surface area contributed by atoms with Gasteiger partial charge in [0, 0.05) is 6.54 Å². The molecule has 1 rings (SSSR count). The third-order valence-electron chi connectivity index (χ3n) is 2.67. The molecule has 1 aromatic rings. The lowest BCUT2D eigenvalue weighted by Gasteiger charge is -2.27. The molecule has 4 heteroatoms. The summed E-state index contributed by atoms with van der Waals surface area (Å²) >= 11 is 5.74. The van der Waals surface area contributed by atoms with Crippen molar-refractivity contribution in [3.63, 3.8) is 0 Å². The van der Waals surface area contributed by atoms with Gasteiger partial charge in [-0.1, -0.05) is 39.3 Å². The van der Waals surface area contributed by atoms with Crippen LogP contribution in [0.2, 0.25) is 5.15 Å². The molecule has 84 valence electrons. The van der Waals surface area contributed by atoms with Crippen molar-refractivity contribution in [1.82, 2.24) is 9.97 Å². The van der Waals surface area contributed by atoms with Gasteiger partial charge in [-0.15, -0.1) is 0 Å². The second-order valence-electron chi connectivity index (χ2n) is 4.88. The first kappa shape index (κ1) is 12.2. The van der Waals surface area contributed by atoms with Gasteiger partial charge >= 0.3 is 0 Å². The summed E-state index contributed by atoms with van der Waals surface area (Å²) in [6, 6.07) is 0. The molecule has 1 unspecified atom stereocenters. The maximum Gasteiger partial charge on any atom is 0.149 e. The van der Waals surface area contributed by atoms with E-state index >= 15 is 0 Å². The quantitative estimate of drug-likeness (QED) is 0.862. The summed E-state index contributed by atoms with van der Waals surface area (Å²) in [5, 5.41) is 3.65. The topological polar surface area (TPSA) is 37.8 Å². The van der Waals surface area contributed by atoms with Crippen molar-refractivity contribution in [3.8, 4) is 0 Å². The van der Waals surface area contributed by atoms with E-state index in [1.165, 1.54) is 6.20 Å². The van der Waals surface area contributed by atoms with Gasteiger partial charge in [0.25, 0.3) is 0 Å². The van der Waals surface area contributed by atoms with Gasteiger partial charge in [0.05, 0.1) is 12.4 Å². The second-order valence-corrected chi connectivity index (χ2v) is 5.26. The largest absolute Gasteiger partial charge is 0.368 e. The zero-order chi connectivity index (χ0) is 11.5.